The first-order chi connectivity index (χ1) is 14.1. The highest BCUT2D eigenvalue weighted by atomic mass is 16.2. The molecule has 0 saturated heterocycles. The molecular weight excluding hydrogens is 360 g/mol. The fourth-order valence-corrected chi connectivity index (χ4v) is 4.38. The highest BCUT2D eigenvalue weighted by Crippen LogP contribution is 2.40. The third-order valence-corrected chi connectivity index (χ3v) is 6.02. The molecule has 0 bridgehead atoms. The maximum atomic E-state index is 12.8. The highest BCUT2D eigenvalue weighted by molar-refractivity contribution is 5.94. The predicted molar refractivity (Wildman–Crippen MR) is 116 cm³/mol. The SMILES string of the molecule is Cc1cccc(C2(CNC(=O)c3ccc(-c4ccccc4)[nH]c3=O)CCCC2)c1. The molecule has 1 fully saturated rings. The second-order valence-electron chi connectivity index (χ2n) is 8.02. The quantitative estimate of drug-likeness (QED) is 0.674. The number of hydrogen-bond acceptors (Lipinski definition) is 2. The number of amides is 1. The number of carbonyl (C=O) groups excluding carboxylic acids is 1. The molecule has 0 spiro atoms. The Morgan fingerprint density at radius 2 is 1.76 bits per heavy atom. The van der Waals surface area contributed by atoms with E-state index >= 15 is 0 Å². The van der Waals surface area contributed by atoms with Gasteiger partial charge in [0, 0.05) is 17.7 Å². The fourth-order valence-electron chi connectivity index (χ4n) is 4.38. The van der Waals surface area contributed by atoms with Crippen molar-refractivity contribution in [2.75, 3.05) is 6.54 Å². The van der Waals surface area contributed by atoms with Gasteiger partial charge in [0.1, 0.15) is 5.56 Å². The molecule has 1 aromatic heterocycles. The van der Waals surface area contributed by atoms with Crippen LogP contribution in [0.4, 0.5) is 0 Å². The molecule has 1 aliphatic carbocycles. The molecule has 3 aromatic rings. The van der Waals surface area contributed by atoms with Crippen LogP contribution in [0.2, 0.25) is 0 Å². The number of benzene rings is 2. The van der Waals surface area contributed by atoms with Gasteiger partial charge in [-0.15, -0.1) is 0 Å². The Morgan fingerprint density at radius 1 is 1.00 bits per heavy atom. The van der Waals surface area contributed by atoms with Crippen LogP contribution in [-0.2, 0) is 5.41 Å². The summed E-state index contributed by atoms with van der Waals surface area (Å²) in [5.74, 6) is -0.315. The lowest BCUT2D eigenvalue weighted by Gasteiger charge is -2.30. The van der Waals surface area contributed by atoms with E-state index in [0.717, 1.165) is 31.2 Å². The van der Waals surface area contributed by atoms with Gasteiger partial charge in [0.2, 0.25) is 0 Å². The van der Waals surface area contributed by atoms with Crippen LogP contribution in [0, 0.1) is 6.92 Å². The molecule has 0 unspecified atom stereocenters. The summed E-state index contributed by atoms with van der Waals surface area (Å²) in [6.07, 6.45) is 4.44. The zero-order valence-corrected chi connectivity index (χ0v) is 16.7. The minimum atomic E-state index is -0.361. The summed E-state index contributed by atoms with van der Waals surface area (Å²) in [6.45, 7) is 2.65. The Labute approximate surface area is 171 Å². The van der Waals surface area contributed by atoms with Crippen LogP contribution >= 0.6 is 0 Å². The summed E-state index contributed by atoms with van der Waals surface area (Å²) in [4.78, 5) is 28.1. The first-order valence-corrected chi connectivity index (χ1v) is 10.2. The Kier molecular flexibility index (Phi) is 5.34. The molecule has 0 atom stereocenters. The number of aromatic amines is 1. The lowest BCUT2D eigenvalue weighted by atomic mass is 9.78. The van der Waals surface area contributed by atoms with Crippen molar-refractivity contribution in [3.05, 3.63) is 93.8 Å². The molecule has 4 rings (SSSR count). The molecule has 1 saturated carbocycles. The lowest BCUT2D eigenvalue weighted by molar-refractivity contribution is 0.0941. The third-order valence-electron chi connectivity index (χ3n) is 6.02. The van der Waals surface area contributed by atoms with Gasteiger partial charge >= 0.3 is 0 Å². The third kappa shape index (κ3) is 4.02. The van der Waals surface area contributed by atoms with Crippen molar-refractivity contribution in [2.24, 2.45) is 0 Å². The largest absolute Gasteiger partial charge is 0.351 e. The number of carbonyl (C=O) groups is 1. The van der Waals surface area contributed by atoms with Crippen molar-refractivity contribution < 1.29 is 4.79 Å². The van der Waals surface area contributed by atoms with E-state index in [9.17, 15) is 9.59 Å². The molecule has 1 aliphatic rings. The van der Waals surface area contributed by atoms with Gasteiger partial charge in [-0.2, -0.15) is 0 Å². The number of aromatic nitrogens is 1. The van der Waals surface area contributed by atoms with Crippen LogP contribution < -0.4 is 10.9 Å². The van der Waals surface area contributed by atoms with Crippen molar-refractivity contribution in [2.45, 2.75) is 38.0 Å². The first-order valence-electron chi connectivity index (χ1n) is 10.2. The van der Waals surface area contributed by atoms with E-state index < -0.39 is 0 Å². The number of nitrogens with one attached hydrogen (secondary N) is 2. The second-order valence-corrected chi connectivity index (χ2v) is 8.02. The van der Waals surface area contributed by atoms with Gasteiger partial charge in [-0.1, -0.05) is 73.0 Å². The van der Waals surface area contributed by atoms with Gasteiger partial charge in [-0.3, -0.25) is 9.59 Å². The van der Waals surface area contributed by atoms with Crippen molar-refractivity contribution in [1.29, 1.82) is 0 Å². The van der Waals surface area contributed by atoms with Crippen LogP contribution in [0.5, 0.6) is 0 Å². The zero-order valence-electron chi connectivity index (χ0n) is 16.7. The van der Waals surface area contributed by atoms with Crippen LogP contribution in [0.3, 0.4) is 0 Å². The summed E-state index contributed by atoms with van der Waals surface area (Å²) in [7, 11) is 0. The number of H-pyrrole nitrogens is 1. The predicted octanol–water partition coefficient (Wildman–Crippen LogP) is 4.59. The molecule has 1 heterocycles. The van der Waals surface area contributed by atoms with Gasteiger partial charge in [0.05, 0.1) is 0 Å². The highest BCUT2D eigenvalue weighted by Gasteiger charge is 2.36. The van der Waals surface area contributed by atoms with Gasteiger partial charge in [0.15, 0.2) is 0 Å². The van der Waals surface area contributed by atoms with Gasteiger partial charge in [-0.05, 0) is 43.0 Å². The van der Waals surface area contributed by atoms with E-state index in [2.05, 4.69) is 41.5 Å². The lowest BCUT2D eigenvalue weighted by Crippen LogP contribution is -2.40. The maximum absolute atomic E-state index is 12.8. The van der Waals surface area contributed by atoms with Gasteiger partial charge in [-0.25, -0.2) is 0 Å². The van der Waals surface area contributed by atoms with Crippen LogP contribution in [-0.4, -0.2) is 17.4 Å². The number of aryl methyl sites for hydroxylation is 1. The van der Waals surface area contributed by atoms with E-state index in [1.807, 2.05) is 30.3 Å². The molecule has 29 heavy (non-hydrogen) atoms. The van der Waals surface area contributed by atoms with E-state index in [-0.39, 0.29) is 22.4 Å². The second kappa shape index (κ2) is 8.08. The number of rotatable bonds is 5. The van der Waals surface area contributed by atoms with E-state index in [1.165, 1.54) is 11.1 Å². The Balaban J connectivity index is 1.52. The first kappa shape index (κ1) is 19.2. The van der Waals surface area contributed by atoms with Gasteiger partial charge in [0.25, 0.3) is 11.5 Å². The van der Waals surface area contributed by atoms with Crippen LogP contribution in [0.15, 0.2) is 71.5 Å². The minimum Gasteiger partial charge on any atom is -0.351 e. The standard InChI is InChI=1S/C25H26N2O2/c1-18-8-7-11-20(16-18)25(14-5-6-15-25)17-26-23(28)21-12-13-22(27-24(21)29)19-9-3-2-4-10-19/h2-4,7-13,16H,5-6,14-15,17H2,1H3,(H,26,28)(H,27,29). The monoisotopic (exact) mass is 386 g/mol. The summed E-state index contributed by atoms with van der Waals surface area (Å²) in [5, 5.41) is 3.04. The molecule has 2 aromatic carbocycles. The smallest absolute Gasteiger partial charge is 0.261 e. The summed E-state index contributed by atoms with van der Waals surface area (Å²) < 4.78 is 0. The summed E-state index contributed by atoms with van der Waals surface area (Å²) >= 11 is 0. The van der Waals surface area contributed by atoms with Crippen LogP contribution in [0.25, 0.3) is 11.3 Å². The van der Waals surface area contributed by atoms with E-state index in [1.54, 1.807) is 12.1 Å². The zero-order chi connectivity index (χ0) is 20.3. The molecular formula is C25H26N2O2. The number of pyridine rings is 1. The Bertz CT molecular complexity index is 1060. The topological polar surface area (TPSA) is 62.0 Å². The Hall–Kier alpha value is -3.14. The molecule has 148 valence electrons. The minimum absolute atomic E-state index is 0.0432. The van der Waals surface area contributed by atoms with Crippen LogP contribution in [0.1, 0.15) is 47.2 Å². The fraction of sp³-hybridized carbons (Fsp3) is 0.280. The molecule has 0 aliphatic heterocycles. The van der Waals surface area contributed by atoms with Crippen molar-refractivity contribution >= 4 is 5.91 Å². The van der Waals surface area contributed by atoms with Gasteiger partial charge < -0.3 is 10.3 Å². The number of hydrogen-bond donors (Lipinski definition) is 2. The molecule has 4 heteroatoms. The van der Waals surface area contributed by atoms with Crippen molar-refractivity contribution in [1.82, 2.24) is 10.3 Å². The molecule has 4 nitrogen and oxygen atoms in total. The summed E-state index contributed by atoms with van der Waals surface area (Å²) in [6, 6.07) is 21.6. The Morgan fingerprint density at radius 3 is 2.45 bits per heavy atom. The average Bonchev–Trinajstić information content (AvgIpc) is 3.23. The average molecular weight is 386 g/mol. The van der Waals surface area contributed by atoms with Crippen molar-refractivity contribution in [3.63, 3.8) is 0 Å². The van der Waals surface area contributed by atoms with E-state index in [4.69, 9.17) is 0 Å². The molecule has 2 N–H and O–H groups in total. The maximum Gasteiger partial charge on any atom is 0.261 e. The van der Waals surface area contributed by atoms with E-state index in [0.29, 0.717) is 12.2 Å². The van der Waals surface area contributed by atoms with Crippen molar-refractivity contribution in [3.8, 4) is 11.3 Å². The summed E-state index contributed by atoms with van der Waals surface area (Å²) in [5.41, 5.74) is 3.89. The normalized spacial score (nSPS) is 15.2. The molecule has 1 amide bonds. The molecule has 0 radical (unpaired) electrons.